The summed E-state index contributed by atoms with van der Waals surface area (Å²) in [5, 5.41) is 9.09. The summed E-state index contributed by atoms with van der Waals surface area (Å²) in [6, 6.07) is 8.32. The van der Waals surface area contributed by atoms with Crippen molar-refractivity contribution in [3.63, 3.8) is 0 Å². The zero-order valence-corrected chi connectivity index (χ0v) is 16.9. The second-order valence-electron chi connectivity index (χ2n) is 7.95. The van der Waals surface area contributed by atoms with Crippen molar-refractivity contribution in [3.05, 3.63) is 70.3 Å². The maximum Gasteiger partial charge on any atom is 0.416 e. The van der Waals surface area contributed by atoms with Crippen molar-refractivity contribution < 1.29 is 26.3 Å². The van der Waals surface area contributed by atoms with Gasteiger partial charge in [0.05, 0.1) is 11.1 Å². The first-order valence-corrected chi connectivity index (χ1v) is 9.61. The lowest BCUT2D eigenvalue weighted by Crippen LogP contribution is -2.14. The first kappa shape index (κ1) is 21.9. The van der Waals surface area contributed by atoms with Gasteiger partial charge >= 0.3 is 12.4 Å². The van der Waals surface area contributed by atoms with Gasteiger partial charge in [0.15, 0.2) is 5.84 Å². The van der Waals surface area contributed by atoms with E-state index in [2.05, 4.69) is 4.99 Å². The Labute approximate surface area is 179 Å². The molecule has 0 radical (unpaired) electrons. The molecule has 32 heavy (non-hydrogen) atoms. The standard InChI is InChI=1S/C23H17F6N3/c1-10(2)11-3-4-16-12(5-11)8-17-19(21(31)32-20(17)30)18(16)13-6-14(22(24,25)26)9-15(7-13)23(27,28)29/h3-10H,1-2H3,(H3,30,31,32). The number of halogens is 6. The minimum atomic E-state index is -4.99. The molecule has 3 aromatic rings. The van der Waals surface area contributed by atoms with Gasteiger partial charge in [0, 0.05) is 16.7 Å². The van der Waals surface area contributed by atoms with E-state index < -0.39 is 23.5 Å². The SMILES string of the molecule is CC(C)c1ccc2c(-c3cc(C(F)(F)F)cc(C(F)(F)F)c3)c3c(cc2c1)C(=N)N=C3N. The van der Waals surface area contributed by atoms with E-state index in [1.54, 1.807) is 18.2 Å². The highest BCUT2D eigenvalue weighted by atomic mass is 19.4. The highest BCUT2D eigenvalue weighted by Crippen LogP contribution is 2.43. The normalized spacial score (nSPS) is 14.3. The monoisotopic (exact) mass is 449 g/mol. The Hall–Kier alpha value is -3.36. The van der Waals surface area contributed by atoms with Gasteiger partial charge < -0.3 is 5.73 Å². The summed E-state index contributed by atoms with van der Waals surface area (Å²) < 4.78 is 80.8. The summed E-state index contributed by atoms with van der Waals surface area (Å²) in [4.78, 5) is 3.90. The zero-order valence-electron chi connectivity index (χ0n) is 16.9. The van der Waals surface area contributed by atoms with Crippen molar-refractivity contribution in [3.8, 4) is 11.1 Å². The highest BCUT2D eigenvalue weighted by Gasteiger charge is 2.38. The quantitative estimate of drug-likeness (QED) is 0.420. The number of nitrogens with one attached hydrogen (secondary N) is 1. The van der Waals surface area contributed by atoms with Crippen molar-refractivity contribution in [2.24, 2.45) is 10.7 Å². The average molecular weight is 449 g/mol. The van der Waals surface area contributed by atoms with Crippen LogP contribution in [0.4, 0.5) is 26.3 Å². The molecular weight excluding hydrogens is 432 g/mol. The van der Waals surface area contributed by atoms with Crippen molar-refractivity contribution in [1.82, 2.24) is 0 Å². The van der Waals surface area contributed by atoms with E-state index in [0.29, 0.717) is 22.9 Å². The maximum atomic E-state index is 13.5. The fraction of sp³-hybridized carbons (Fsp3) is 0.217. The molecule has 0 aliphatic carbocycles. The summed E-state index contributed by atoms with van der Waals surface area (Å²) in [6.45, 7) is 3.92. The predicted octanol–water partition coefficient (Wildman–Crippen LogP) is 6.71. The molecule has 0 unspecified atom stereocenters. The van der Waals surface area contributed by atoms with Gasteiger partial charge in [-0.05, 0) is 52.1 Å². The van der Waals surface area contributed by atoms with Gasteiger partial charge in [0.1, 0.15) is 5.84 Å². The Balaban J connectivity index is 2.14. The van der Waals surface area contributed by atoms with Gasteiger partial charge in [0.25, 0.3) is 0 Å². The fourth-order valence-corrected chi connectivity index (χ4v) is 3.87. The first-order chi connectivity index (χ1) is 14.8. The van der Waals surface area contributed by atoms with Crippen LogP contribution in [0.3, 0.4) is 0 Å². The number of hydrogen-bond donors (Lipinski definition) is 2. The van der Waals surface area contributed by atoms with Crippen LogP contribution < -0.4 is 5.73 Å². The molecule has 9 heteroatoms. The third kappa shape index (κ3) is 3.61. The number of amidine groups is 2. The molecule has 0 bridgehead atoms. The highest BCUT2D eigenvalue weighted by molar-refractivity contribution is 6.27. The number of hydrogen-bond acceptors (Lipinski definition) is 2. The molecule has 0 saturated heterocycles. The molecule has 3 nitrogen and oxygen atoms in total. The Morgan fingerprint density at radius 1 is 0.844 bits per heavy atom. The van der Waals surface area contributed by atoms with Crippen LogP contribution in [0, 0.1) is 5.41 Å². The topological polar surface area (TPSA) is 62.2 Å². The molecule has 0 saturated carbocycles. The molecule has 3 N–H and O–H groups in total. The average Bonchev–Trinajstić information content (AvgIpc) is 2.97. The van der Waals surface area contributed by atoms with E-state index in [-0.39, 0.29) is 45.9 Å². The van der Waals surface area contributed by atoms with Gasteiger partial charge in [-0.3, -0.25) is 5.41 Å². The molecule has 166 valence electrons. The van der Waals surface area contributed by atoms with E-state index >= 15 is 0 Å². The lowest BCUT2D eigenvalue weighted by molar-refractivity contribution is -0.143. The predicted molar refractivity (Wildman–Crippen MR) is 111 cm³/mol. The number of fused-ring (bicyclic) bond motifs is 2. The number of aliphatic imine (C=N–C) groups is 1. The minimum absolute atomic E-state index is 0.0885. The Bertz CT molecular complexity index is 1270. The molecule has 0 spiro atoms. The minimum Gasteiger partial charge on any atom is -0.383 e. The molecular formula is C23H17F6N3. The summed E-state index contributed by atoms with van der Waals surface area (Å²) in [7, 11) is 0. The van der Waals surface area contributed by atoms with Crippen LogP contribution in [-0.4, -0.2) is 11.7 Å². The third-order valence-electron chi connectivity index (χ3n) is 5.45. The van der Waals surface area contributed by atoms with E-state index in [0.717, 1.165) is 5.56 Å². The largest absolute Gasteiger partial charge is 0.416 e. The smallest absolute Gasteiger partial charge is 0.383 e. The molecule has 3 aromatic carbocycles. The number of alkyl halides is 6. The Morgan fingerprint density at radius 3 is 1.97 bits per heavy atom. The van der Waals surface area contributed by atoms with Crippen LogP contribution in [0.15, 0.2) is 47.5 Å². The number of rotatable bonds is 2. The molecule has 4 rings (SSSR count). The molecule has 0 amide bonds. The molecule has 1 aliphatic rings. The molecule has 0 atom stereocenters. The Kier molecular flexibility index (Phi) is 4.84. The molecule has 1 heterocycles. The second kappa shape index (κ2) is 7.08. The number of nitrogens with two attached hydrogens (primary N) is 1. The van der Waals surface area contributed by atoms with Crippen LogP contribution >= 0.6 is 0 Å². The van der Waals surface area contributed by atoms with Crippen molar-refractivity contribution in [2.45, 2.75) is 32.1 Å². The van der Waals surface area contributed by atoms with Crippen LogP contribution in [0.1, 0.15) is 47.6 Å². The van der Waals surface area contributed by atoms with E-state index in [9.17, 15) is 26.3 Å². The van der Waals surface area contributed by atoms with Gasteiger partial charge in [-0.15, -0.1) is 0 Å². The van der Waals surface area contributed by atoms with Crippen LogP contribution in [0.25, 0.3) is 21.9 Å². The van der Waals surface area contributed by atoms with E-state index in [1.807, 2.05) is 19.9 Å². The number of nitrogens with zero attached hydrogens (tertiary/aromatic N) is 1. The van der Waals surface area contributed by atoms with Crippen molar-refractivity contribution in [1.29, 1.82) is 5.41 Å². The molecule has 1 aliphatic heterocycles. The van der Waals surface area contributed by atoms with Gasteiger partial charge in [-0.2, -0.15) is 26.3 Å². The van der Waals surface area contributed by atoms with Gasteiger partial charge in [-0.1, -0.05) is 32.0 Å². The van der Waals surface area contributed by atoms with Crippen LogP contribution in [0.2, 0.25) is 0 Å². The van der Waals surface area contributed by atoms with E-state index in [1.165, 1.54) is 0 Å². The lowest BCUT2D eigenvalue weighted by atomic mass is 9.87. The summed E-state index contributed by atoms with van der Waals surface area (Å²) in [5.74, 6) is -0.179. The third-order valence-corrected chi connectivity index (χ3v) is 5.45. The summed E-state index contributed by atoms with van der Waals surface area (Å²) >= 11 is 0. The molecule has 0 fully saturated rings. The number of benzene rings is 3. The van der Waals surface area contributed by atoms with Gasteiger partial charge in [-0.25, -0.2) is 4.99 Å². The summed E-state index contributed by atoms with van der Waals surface area (Å²) in [6.07, 6.45) is -9.97. The van der Waals surface area contributed by atoms with Crippen molar-refractivity contribution in [2.75, 3.05) is 0 Å². The molecule has 0 aromatic heterocycles. The zero-order chi connectivity index (χ0) is 23.6. The van der Waals surface area contributed by atoms with Crippen LogP contribution in [0.5, 0.6) is 0 Å². The fourth-order valence-electron chi connectivity index (χ4n) is 3.87. The first-order valence-electron chi connectivity index (χ1n) is 9.61. The van der Waals surface area contributed by atoms with E-state index in [4.69, 9.17) is 11.1 Å². The van der Waals surface area contributed by atoms with Crippen molar-refractivity contribution >= 4 is 22.4 Å². The van der Waals surface area contributed by atoms with Gasteiger partial charge in [0.2, 0.25) is 0 Å². The second-order valence-corrected chi connectivity index (χ2v) is 7.95. The Morgan fingerprint density at radius 2 is 1.44 bits per heavy atom. The van der Waals surface area contributed by atoms with Crippen LogP contribution in [-0.2, 0) is 12.4 Å². The maximum absolute atomic E-state index is 13.5. The lowest BCUT2D eigenvalue weighted by Gasteiger charge is -2.18. The summed E-state index contributed by atoms with van der Waals surface area (Å²) in [5.41, 5.74) is 4.27.